The van der Waals surface area contributed by atoms with Crippen molar-refractivity contribution in [3.05, 3.63) is 29.8 Å². The Morgan fingerprint density at radius 1 is 1.39 bits per heavy atom. The first-order chi connectivity index (χ1) is 8.58. The number of anilines is 1. The molecule has 1 atom stereocenters. The minimum absolute atomic E-state index is 0.352. The van der Waals surface area contributed by atoms with Crippen LogP contribution in [-0.4, -0.2) is 32.2 Å². The summed E-state index contributed by atoms with van der Waals surface area (Å²) in [6.07, 6.45) is 0.592. The number of carbonyl (C=O) groups is 1. The molecule has 1 rings (SSSR count). The lowest BCUT2D eigenvalue weighted by molar-refractivity contribution is -0.142. The number of benzene rings is 1. The molecule has 1 unspecified atom stereocenters. The summed E-state index contributed by atoms with van der Waals surface area (Å²) >= 11 is 0. The molecule has 0 spiro atoms. The highest BCUT2D eigenvalue weighted by atomic mass is 16.5. The number of methoxy groups -OCH3 is 1. The fraction of sp³-hybridized carbons (Fsp3) is 0.500. The highest BCUT2D eigenvalue weighted by Crippen LogP contribution is 2.15. The summed E-state index contributed by atoms with van der Waals surface area (Å²) in [6, 6.07) is 7.79. The number of hydrogen-bond donors (Lipinski definition) is 1. The van der Waals surface area contributed by atoms with Gasteiger partial charge in [0.2, 0.25) is 0 Å². The molecular weight excluding hydrogens is 228 g/mol. The molecule has 0 heterocycles. The monoisotopic (exact) mass is 250 g/mol. The quantitative estimate of drug-likeness (QED) is 0.781. The maximum Gasteiger partial charge on any atom is 0.322 e. The molecule has 0 fully saturated rings. The van der Waals surface area contributed by atoms with E-state index in [0.717, 1.165) is 18.8 Å². The molecule has 18 heavy (non-hydrogen) atoms. The fourth-order valence-corrected chi connectivity index (χ4v) is 1.79. The van der Waals surface area contributed by atoms with Gasteiger partial charge in [0.15, 0.2) is 0 Å². The molecule has 1 aromatic rings. The topological polar surface area (TPSA) is 55.6 Å². The average Bonchev–Trinajstić information content (AvgIpc) is 2.40. The molecule has 1 aromatic carbocycles. The van der Waals surface area contributed by atoms with Crippen molar-refractivity contribution in [1.82, 2.24) is 0 Å². The van der Waals surface area contributed by atoms with Crippen molar-refractivity contribution < 1.29 is 9.53 Å². The Morgan fingerprint density at radius 3 is 2.50 bits per heavy atom. The molecule has 0 saturated heterocycles. The fourth-order valence-electron chi connectivity index (χ4n) is 1.79. The Kier molecular flexibility index (Phi) is 5.65. The number of nitrogens with zero attached hydrogens (tertiary/aromatic N) is 1. The van der Waals surface area contributed by atoms with Crippen LogP contribution in [0.3, 0.4) is 0 Å². The van der Waals surface area contributed by atoms with Crippen LogP contribution in [-0.2, 0) is 9.53 Å². The molecule has 0 bridgehead atoms. The number of carbonyl (C=O) groups excluding carboxylic acids is 1. The minimum atomic E-state index is -0.547. The summed E-state index contributed by atoms with van der Waals surface area (Å²) in [5, 5.41) is 0. The van der Waals surface area contributed by atoms with Crippen LogP contribution in [0.5, 0.6) is 0 Å². The average molecular weight is 250 g/mol. The molecule has 0 saturated carbocycles. The predicted molar refractivity (Wildman–Crippen MR) is 73.7 cm³/mol. The molecule has 100 valence electrons. The number of ether oxygens (including phenoxy) is 1. The van der Waals surface area contributed by atoms with Gasteiger partial charge >= 0.3 is 5.97 Å². The van der Waals surface area contributed by atoms with E-state index >= 15 is 0 Å². The van der Waals surface area contributed by atoms with Crippen LogP contribution in [0.2, 0.25) is 0 Å². The lowest BCUT2D eigenvalue weighted by Gasteiger charge is -2.24. The molecule has 0 radical (unpaired) electrons. The van der Waals surface area contributed by atoms with Crippen LogP contribution in [0.4, 0.5) is 5.69 Å². The van der Waals surface area contributed by atoms with E-state index in [-0.39, 0.29) is 5.97 Å². The first-order valence-corrected chi connectivity index (χ1v) is 6.23. The highest BCUT2D eigenvalue weighted by molar-refractivity contribution is 5.75. The van der Waals surface area contributed by atoms with Gasteiger partial charge in [-0.2, -0.15) is 0 Å². The van der Waals surface area contributed by atoms with E-state index in [2.05, 4.69) is 47.7 Å². The maximum absolute atomic E-state index is 11.2. The second-order valence-electron chi connectivity index (χ2n) is 4.33. The highest BCUT2D eigenvalue weighted by Gasteiger charge is 2.15. The second-order valence-corrected chi connectivity index (χ2v) is 4.33. The Labute approximate surface area is 109 Å². The van der Waals surface area contributed by atoms with Gasteiger partial charge in [-0.05, 0) is 32.4 Å². The second kappa shape index (κ2) is 7.01. The molecule has 0 aliphatic rings. The number of aryl methyl sites for hydroxylation is 1. The third-order valence-electron chi connectivity index (χ3n) is 2.99. The van der Waals surface area contributed by atoms with E-state index in [1.807, 2.05) is 0 Å². The number of nitrogens with two attached hydrogens (primary N) is 1. The standard InChI is InChI=1S/C14H22N2O2/c1-4-16(10-9-13(15)14(17)18-3)12-7-5-11(2)6-8-12/h5-8,13H,4,9-10,15H2,1-3H3. The molecule has 0 amide bonds. The summed E-state index contributed by atoms with van der Waals surface area (Å²) < 4.78 is 4.62. The van der Waals surface area contributed by atoms with Crippen LogP contribution in [0.25, 0.3) is 0 Å². The van der Waals surface area contributed by atoms with Crippen LogP contribution in [0.1, 0.15) is 18.9 Å². The number of hydrogen-bond acceptors (Lipinski definition) is 4. The smallest absolute Gasteiger partial charge is 0.322 e. The van der Waals surface area contributed by atoms with Gasteiger partial charge < -0.3 is 15.4 Å². The summed E-state index contributed by atoms with van der Waals surface area (Å²) in [6.45, 7) is 5.78. The van der Waals surface area contributed by atoms with Crippen molar-refractivity contribution in [1.29, 1.82) is 0 Å². The first kappa shape index (κ1) is 14.5. The molecule has 0 aliphatic carbocycles. The Morgan fingerprint density at radius 2 is 2.00 bits per heavy atom. The third-order valence-corrected chi connectivity index (χ3v) is 2.99. The summed E-state index contributed by atoms with van der Waals surface area (Å²) in [5.41, 5.74) is 8.12. The largest absolute Gasteiger partial charge is 0.468 e. The SMILES string of the molecule is CCN(CCC(N)C(=O)OC)c1ccc(C)cc1. The molecule has 2 N–H and O–H groups in total. The number of esters is 1. The van der Waals surface area contributed by atoms with Crippen LogP contribution >= 0.6 is 0 Å². The third kappa shape index (κ3) is 4.04. The van der Waals surface area contributed by atoms with Gasteiger partial charge in [0.1, 0.15) is 6.04 Å². The first-order valence-electron chi connectivity index (χ1n) is 6.23. The summed E-state index contributed by atoms with van der Waals surface area (Å²) in [4.78, 5) is 13.4. The van der Waals surface area contributed by atoms with Crippen LogP contribution in [0.15, 0.2) is 24.3 Å². The summed E-state index contributed by atoms with van der Waals surface area (Å²) in [5.74, 6) is -0.352. The van der Waals surface area contributed by atoms with E-state index in [1.54, 1.807) is 0 Å². The van der Waals surface area contributed by atoms with Crippen molar-refractivity contribution in [2.75, 3.05) is 25.1 Å². The van der Waals surface area contributed by atoms with Crippen molar-refractivity contribution in [2.45, 2.75) is 26.3 Å². The van der Waals surface area contributed by atoms with Gasteiger partial charge in [-0.3, -0.25) is 4.79 Å². The predicted octanol–water partition coefficient (Wildman–Crippen LogP) is 1.71. The van der Waals surface area contributed by atoms with Gasteiger partial charge in [-0.25, -0.2) is 0 Å². The van der Waals surface area contributed by atoms with Crippen molar-refractivity contribution in [2.24, 2.45) is 5.73 Å². The lowest BCUT2D eigenvalue weighted by Crippen LogP contribution is -2.36. The van der Waals surface area contributed by atoms with Gasteiger partial charge in [0.05, 0.1) is 7.11 Å². The molecule has 4 nitrogen and oxygen atoms in total. The minimum Gasteiger partial charge on any atom is -0.468 e. The normalized spacial score (nSPS) is 12.0. The van der Waals surface area contributed by atoms with Gasteiger partial charge in [0.25, 0.3) is 0 Å². The Bertz CT molecular complexity index is 376. The van der Waals surface area contributed by atoms with Gasteiger partial charge in [0, 0.05) is 18.8 Å². The number of rotatable bonds is 6. The van der Waals surface area contributed by atoms with Gasteiger partial charge in [-0.1, -0.05) is 17.7 Å². The van der Waals surface area contributed by atoms with E-state index in [9.17, 15) is 4.79 Å². The lowest BCUT2D eigenvalue weighted by atomic mass is 10.2. The zero-order chi connectivity index (χ0) is 13.5. The Hall–Kier alpha value is -1.55. The molecule has 0 aromatic heterocycles. The van der Waals surface area contributed by atoms with Crippen molar-refractivity contribution >= 4 is 11.7 Å². The van der Waals surface area contributed by atoms with E-state index in [4.69, 9.17) is 5.73 Å². The maximum atomic E-state index is 11.2. The van der Waals surface area contributed by atoms with E-state index < -0.39 is 6.04 Å². The van der Waals surface area contributed by atoms with E-state index in [1.165, 1.54) is 12.7 Å². The zero-order valence-electron chi connectivity index (χ0n) is 11.3. The van der Waals surface area contributed by atoms with Gasteiger partial charge in [-0.15, -0.1) is 0 Å². The Balaban J connectivity index is 2.57. The molecule has 4 heteroatoms. The van der Waals surface area contributed by atoms with Crippen molar-refractivity contribution in [3.8, 4) is 0 Å². The molecular formula is C14H22N2O2. The summed E-state index contributed by atoms with van der Waals surface area (Å²) in [7, 11) is 1.36. The van der Waals surface area contributed by atoms with Crippen LogP contribution in [0, 0.1) is 6.92 Å². The molecule has 0 aliphatic heterocycles. The van der Waals surface area contributed by atoms with Crippen LogP contribution < -0.4 is 10.6 Å². The zero-order valence-corrected chi connectivity index (χ0v) is 11.3. The van der Waals surface area contributed by atoms with E-state index in [0.29, 0.717) is 6.42 Å². The van der Waals surface area contributed by atoms with Crippen molar-refractivity contribution in [3.63, 3.8) is 0 Å².